The second-order valence-electron chi connectivity index (χ2n) is 3.68. The summed E-state index contributed by atoms with van der Waals surface area (Å²) in [5.41, 5.74) is 1.31. The number of nitrogens with zero attached hydrogens (tertiary/aromatic N) is 1. The molecule has 1 aromatic heterocycles. The van der Waals surface area contributed by atoms with E-state index in [4.69, 9.17) is 5.11 Å². The summed E-state index contributed by atoms with van der Waals surface area (Å²) in [6.07, 6.45) is 1.71. The van der Waals surface area contributed by atoms with Gasteiger partial charge in [-0.05, 0) is 46.6 Å². The van der Waals surface area contributed by atoms with Crippen LogP contribution >= 0.6 is 27.7 Å². The minimum atomic E-state index is -0.923. The number of rotatable bonds is 3. The predicted octanol–water partition coefficient (Wildman–Crippen LogP) is 4.00. The molecule has 3 nitrogen and oxygen atoms in total. The summed E-state index contributed by atoms with van der Waals surface area (Å²) in [5, 5.41) is 9.93. The number of halogens is 1. The molecule has 0 unspecified atom stereocenters. The fraction of sp³-hybridized carbons (Fsp3) is 0.0769. The minimum absolute atomic E-state index is 0.298. The van der Waals surface area contributed by atoms with Crippen molar-refractivity contribution in [1.29, 1.82) is 0 Å². The van der Waals surface area contributed by atoms with E-state index in [9.17, 15) is 4.79 Å². The number of hydrogen-bond acceptors (Lipinski definition) is 3. The Bertz CT molecular complexity index is 601. The standard InChI is InChI=1S/C13H10BrNO2S/c1-8-6-9(14)7-15-12(8)18-11-5-3-2-4-10(11)13(16)17/h2-7H,1H3,(H,16,17). The van der Waals surface area contributed by atoms with Gasteiger partial charge in [0.2, 0.25) is 0 Å². The highest BCUT2D eigenvalue weighted by Crippen LogP contribution is 2.31. The number of carbonyl (C=O) groups is 1. The second kappa shape index (κ2) is 5.54. The van der Waals surface area contributed by atoms with Crippen molar-refractivity contribution >= 4 is 33.7 Å². The molecule has 0 bridgehead atoms. The van der Waals surface area contributed by atoms with Crippen molar-refractivity contribution in [3.8, 4) is 0 Å². The molecule has 18 heavy (non-hydrogen) atoms. The first-order valence-electron chi connectivity index (χ1n) is 5.20. The third kappa shape index (κ3) is 2.91. The molecule has 1 N–H and O–H groups in total. The van der Waals surface area contributed by atoms with Gasteiger partial charge >= 0.3 is 5.97 Å². The molecular formula is C13H10BrNO2S. The molecule has 0 spiro atoms. The van der Waals surface area contributed by atoms with Crippen LogP contribution in [0.3, 0.4) is 0 Å². The van der Waals surface area contributed by atoms with Crippen molar-refractivity contribution in [3.05, 3.63) is 52.1 Å². The van der Waals surface area contributed by atoms with Crippen molar-refractivity contribution in [2.45, 2.75) is 16.8 Å². The lowest BCUT2D eigenvalue weighted by atomic mass is 10.2. The van der Waals surface area contributed by atoms with Crippen LogP contribution < -0.4 is 0 Å². The number of hydrogen-bond donors (Lipinski definition) is 1. The van der Waals surface area contributed by atoms with E-state index in [1.54, 1.807) is 24.4 Å². The average Bonchev–Trinajstić information content (AvgIpc) is 2.33. The Morgan fingerprint density at radius 2 is 2.11 bits per heavy atom. The van der Waals surface area contributed by atoms with Gasteiger partial charge in [0, 0.05) is 15.6 Å². The SMILES string of the molecule is Cc1cc(Br)cnc1Sc1ccccc1C(=O)O. The van der Waals surface area contributed by atoms with Gasteiger partial charge < -0.3 is 5.11 Å². The van der Waals surface area contributed by atoms with Gasteiger partial charge in [0.05, 0.1) is 5.56 Å². The molecule has 1 aromatic carbocycles. The van der Waals surface area contributed by atoms with Crippen LogP contribution in [0.1, 0.15) is 15.9 Å². The van der Waals surface area contributed by atoms with Gasteiger partial charge in [0.15, 0.2) is 0 Å². The number of benzene rings is 1. The maximum absolute atomic E-state index is 11.1. The molecule has 0 aliphatic carbocycles. The van der Waals surface area contributed by atoms with Crippen molar-refractivity contribution in [2.24, 2.45) is 0 Å². The lowest BCUT2D eigenvalue weighted by Gasteiger charge is -2.07. The highest BCUT2D eigenvalue weighted by Gasteiger charge is 2.12. The first-order valence-corrected chi connectivity index (χ1v) is 6.81. The summed E-state index contributed by atoms with van der Waals surface area (Å²) in [4.78, 5) is 16.1. The van der Waals surface area contributed by atoms with Gasteiger partial charge in [-0.2, -0.15) is 0 Å². The third-order valence-electron chi connectivity index (χ3n) is 2.32. The number of aromatic carboxylic acids is 1. The number of aromatic nitrogens is 1. The van der Waals surface area contributed by atoms with Crippen LogP contribution in [0.15, 0.2) is 50.9 Å². The molecule has 0 saturated carbocycles. The molecule has 0 amide bonds. The minimum Gasteiger partial charge on any atom is -0.478 e. The Hall–Kier alpha value is -1.33. The first kappa shape index (κ1) is 13.1. The maximum atomic E-state index is 11.1. The van der Waals surface area contributed by atoms with Crippen LogP contribution in [0, 0.1) is 6.92 Å². The summed E-state index contributed by atoms with van der Waals surface area (Å²) in [7, 11) is 0. The Morgan fingerprint density at radius 1 is 1.39 bits per heavy atom. The molecule has 5 heteroatoms. The number of pyridine rings is 1. The number of carboxylic acid groups (broad SMARTS) is 1. The fourth-order valence-electron chi connectivity index (χ4n) is 1.47. The molecule has 2 rings (SSSR count). The molecule has 0 aliphatic rings. The van der Waals surface area contributed by atoms with Gasteiger partial charge in [-0.3, -0.25) is 0 Å². The van der Waals surface area contributed by atoms with Crippen LogP contribution in [0.5, 0.6) is 0 Å². The summed E-state index contributed by atoms with van der Waals surface area (Å²) in [5.74, 6) is -0.923. The smallest absolute Gasteiger partial charge is 0.336 e. The molecule has 2 aromatic rings. The number of carboxylic acids is 1. The summed E-state index contributed by atoms with van der Waals surface area (Å²) in [6, 6.07) is 8.88. The molecular weight excluding hydrogens is 314 g/mol. The largest absolute Gasteiger partial charge is 0.478 e. The first-order chi connectivity index (χ1) is 8.58. The molecule has 1 heterocycles. The van der Waals surface area contributed by atoms with E-state index in [1.165, 1.54) is 11.8 Å². The van der Waals surface area contributed by atoms with E-state index in [2.05, 4.69) is 20.9 Å². The highest BCUT2D eigenvalue weighted by atomic mass is 79.9. The zero-order valence-corrected chi connectivity index (χ0v) is 12.0. The monoisotopic (exact) mass is 323 g/mol. The molecule has 0 fully saturated rings. The van der Waals surface area contributed by atoms with Crippen molar-refractivity contribution in [1.82, 2.24) is 4.98 Å². The topological polar surface area (TPSA) is 50.2 Å². The zero-order chi connectivity index (χ0) is 13.1. The van der Waals surface area contributed by atoms with Crippen molar-refractivity contribution in [3.63, 3.8) is 0 Å². The summed E-state index contributed by atoms with van der Waals surface area (Å²) < 4.78 is 0.913. The van der Waals surface area contributed by atoms with Crippen molar-refractivity contribution < 1.29 is 9.90 Å². The maximum Gasteiger partial charge on any atom is 0.336 e. The summed E-state index contributed by atoms with van der Waals surface area (Å²) in [6.45, 7) is 1.95. The van der Waals surface area contributed by atoms with Gasteiger partial charge in [-0.15, -0.1) is 0 Å². The van der Waals surface area contributed by atoms with Gasteiger partial charge in [-0.1, -0.05) is 23.9 Å². The van der Waals surface area contributed by atoms with E-state index in [1.807, 2.05) is 19.1 Å². The fourth-order valence-corrected chi connectivity index (χ4v) is 2.86. The lowest BCUT2D eigenvalue weighted by molar-refractivity contribution is 0.0693. The zero-order valence-electron chi connectivity index (χ0n) is 9.55. The molecule has 0 saturated heterocycles. The molecule has 0 aliphatic heterocycles. The lowest BCUT2D eigenvalue weighted by Crippen LogP contribution is -1.98. The second-order valence-corrected chi connectivity index (χ2v) is 5.63. The van der Waals surface area contributed by atoms with Crippen LogP contribution in [-0.4, -0.2) is 16.1 Å². The molecule has 92 valence electrons. The average molecular weight is 324 g/mol. The van der Waals surface area contributed by atoms with E-state index in [-0.39, 0.29) is 0 Å². The van der Waals surface area contributed by atoms with E-state index in [0.29, 0.717) is 10.5 Å². The van der Waals surface area contributed by atoms with Crippen LogP contribution in [0.25, 0.3) is 0 Å². The summed E-state index contributed by atoms with van der Waals surface area (Å²) >= 11 is 4.72. The Kier molecular flexibility index (Phi) is 4.04. The Balaban J connectivity index is 2.37. The number of aryl methyl sites for hydroxylation is 1. The van der Waals surface area contributed by atoms with E-state index < -0.39 is 5.97 Å². The van der Waals surface area contributed by atoms with E-state index in [0.717, 1.165) is 15.1 Å². The van der Waals surface area contributed by atoms with Gasteiger partial charge in [-0.25, -0.2) is 9.78 Å². The van der Waals surface area contributed by atoms with E-state index >= 15 is 0 Å². The third-order valence-corrected chi connectivity index (χ3v) is 3.95. The molecule has 0 radical (unpaired) electrons. The predicted molar refractivity (Wildman–Crippen MR) is 74.2 cm³/mol. The molecule has 0 atom stereocenters. The van der Waals surface area contributed by atoms with Gasteiger partial charge in [0.1, 0.15) is 5.03 Å². The van der Waals surface area contributed by atoms with Crippen LogP contribution in [0.4, 0.5) is 0 Å². The van der Waals surface area contributed by atoms with Gasteiger partial charge in [0.25, 0.3) is 0 Å². The normalized spacial score (nSPS) is 10.3. The Morgan fingerprint density at radius 3 is 2.78 bits per heavy atom. The Labute approximate surface area is 117 Å². The quantitative estimate of drug-likeness (QED) is 0.927. The highest BCUT2D eigenvalue weighted by molar-refractivity contribution is 9.10. The van der Waals surface area contributed by atoms with Crippen LogP contribution in [-0.2, 0) is 0 Å². The van der Waals surface area contributed by atoms with Crippen molar-refractivity contribution in [2.75, 3.05) is 0 Å². The van der Waals surface area contributed by atoms with Crippen LogP contribution in [0.2, 0.25) is 0 Å².